The molecule has 1 saturated heterocycles. The lowest BCUT2D eigenvalue weighted by molar-refractivity contribution is -0.143. The van der Waals surface area contributed by atoms with E-state index >= 15 is 0 Å². The van der Waals surface area contributed by atoms with Gasteiger partial charge in [-0.2, -0.15) is 26.3 Å². The Labute approximate surface area is 181 Å². The smallest absolute Gasteiger partial charge is 0.361 e. The van der Waals surface area contributed by atoms with Gasteiger partial charge in [0.05, 0.1) is 17.7 Å². The van der Waals surface area contributed by atoms with Gasteiger partial charge in [0, 0.05) is 18.3 Å². The molecule has 3 rings (SSSR count). The van der Waals surface area contributed by atoms with Crippen LogP contribution in [-0.4, -0.2) is 24.2 Å². The topological polar surface area (TPSA) is 27.3 Å². The van der Waals surface area contributed by atoms with Crippen LogP contribution in [-0.2, 0) is 18.9 Å². The lowest BCUT2D eigenvalue weighted by atomic mass is 10.1. The van der Waals surface area contributed by atoms with Crippen molar-refractivity contribution in [2.75, 3.05) is 18.0 Å². The summed E-state index contributed by atoms with van der Waals surface area (Å²) in [5.74, 6) is 0. The van der Waals surface area contributed by atoms with Crippen molar-refractivity contribution in [2.24, 2.45) is 0 Å². The molecule has 3 nitrogen and oxygen atoms in total. The van der Waals surface area contributed by atoms with Crippen molar-refractivity contribution < 1.29 is 26.3 Å². The average Bonchev–Trinajstić information content (AvgIpc) is 3.23. The Morgan fingerprint density at radius 3 is 2.13 bits per heavy atom. The number of alkyl halides is 6. The molecule has 2 aromatic carbocycles. The Kier molecular flexibility index (Phi) is 7.10. The zero-order valence-corrected chi connectivity index (χ0v) is 17.2. The summed E-state index contributed by atoms with van der Waals surface area (Å²) in [7, 11) is 0. The van der Waals surface area contributed by atoms with Crippen molar-refractivity contribution in [3.8, 4) is 0 Å². The molecule has 1 aliphatic rings. The van der Waals surface area contributed by atoms with E-state index in [2.05, 4.69) is 10.6 Å². The molecule has 10 heteroatoms. The van der Waals surface area contributed by atoms with E-state index < -0.39 is 23.5 Å². The Morgan fingerprint density at radius 2 is 1.61 bits per heavy atom. The van der Waals surface area contributed by atoms with E-state index in [1.807, 2.05) is 0 Å². The summed E-state index contributed by atoms with van der Waals surface area (Å²) in [5.41, 5.74) is -2.34. The van der Waals surface area contributed by atoms with Gasteiger partial charge in [-0.05, 0) is 55.4 Å². The van der Waals surface area contributed by atoms with Crippen LogP contribution in [0.5, 0.6) is 0 Å². The fraction of sp³-hybridized carbons (Fsp3) is 0.381. The number of rotatable bonds is 5. The maximum atomic E-state index is 13.3. The van der Waals surface area contributed by atoms with Crippen LogP contribution in [0, 0.1) is 0 Å². The highest BCUT2D eigenvalue weighted by atomic mass is 32.1. The fourth-order valence-electron chi connectivity index (χ4n) is 3.38. The molecule has 0 bridgehead atoms. The standard InChI is InChI=1S/C21H21F6N3S/c22-20(23,24)15-9-16(21(25,26)27)11-18(10-15)30(13-14-5-2-1-3-6-14)19(31)29-12-17-7-4-8-28-17/h1-3,5-6,9-11,17,28H,4,7-8,12-13H2,(H,29,31)/t17-/m0/s1. The molecule has 2 N–H and O–H groups in total. The molecule has 1 atom stereocenters. The quantitative estimate of drug-likeness (QED) is 0.463. The third kappa shape index (κ3) is 6.33. The van der Waals surface area contributed by atoms with E-state index in [-0.39, 0.29) is 29.5 Å². The summed E-state index contributed by atoms with van der Waals surface area (Å²) in [6.07, 6.45) is -7.96. The van der Waals surface area contributed by atoms with Gasteiger partial charge in [0.2, 0.25) is 0 Å². The van der Waals surface area contributed by atoms with Crippen molar-refractivity contribution >= 4 is 23.0 Å². The summed E-state index contributed by atoms with van der Waals surface area (Å²) in [6, 6.07) is 10.3. The van der Waals surface area contributed by atoms with Crippen LogP contribution in [0.2, 0.25) is 0 Å². The zero-order valence-electron chi connectivity index (χ0n) is 16.4. The first-order valence-electron chi connectivity index (χ1n) is 9.66. The molecule has 0 unspecified atom stereocenters. The van der Waals surface area contributed by atoms with Crippen LogP contribution in [0.3, 0.4) is 0 Å². The second-order valence-corrected chi connectivity index (χ2v) is 7.70. The highest BCUT2D eigenvalue weighted by Gasteiger charge is 2.37. The SMILES string of the molecule is FC(F)(F)c1cc(N(Cc2ccccc2)C(=S)NC[C@@H]2CCCN2)cc(C(F)(F)F)c1. The van der Waals surface area contributed by atoms with E-state index in [4.69, 9.17) is 12.2 Å². The van der Waals surface area contributed by atoms with E-state index in [1.165, 1.54) is 4.90 Å². The van der Waals surface area contributed by atoms with Gasteiger partial charge in [-0.25, -0.2) is 0 Å². The molecular weight excluding hydrogens is 440 g/mol. The number of hydrogen-bond acceptors (Lipinski definition) is 2. The van der Waals surface area contributed by atoms with Crippen LogP contribution in [0.15, 0.2) is 48.5 Å². The van der Waals surface area contributed by atoms with Crippen LogP contribution in [0.4, 0.5) is 32.0 Å². The number of nitrogens with one attached hydrogen (secondary N) is 2. The van der Waals surface area contributed by atoms with Crippen LogP contribution < -0.4 is 15.5 Å². The third-order valence-electron chi connectivity index (χ3n) is 4.97. The summed E-state index contributed by atoms with van der Waals surface area (Å²) in [4.78, 5) is 1.27. The highest BCUT2D eigenvalue weighted by molar-refractivity contribution is 7.80. The van der Waals surface area contributed by atoms with E-state index in [9.17, 15) is 26.3 Å². The monoisotopic (exact) mass is 461 g/mol. The molecule has 0 aromatic heterocycles. The van der Waals surface area contributed by atoms with Gasteiger partial charge in [0.25, 0.3) is 0 Å². The zero-order chi connectivity index (χ0) is 22.6. The molecule has 2 aromatic rings. The molecule has 31 heavy (non-hydrogen) atoms. The number of halogens is 6. The van der Waals surface area contributed by atoms with E-state index in [0.29, 0.717) is 24.2 Å². The number of anilines is 1. The van der Waals surface area contributed by atoms with Crippen LogP contribution >= 0.6 is 12.2 Å². The van der Waals surface area contributed by atoms with Crippen molar-refractivity contribution in [3.63, 3.8) is 0 Å². The molecule has 1 fully saturated rings. The van der Waals surface area contributed by atoms with Gasteiger partial charge >= 0.3 is 12.4 Å². The van der Waals surface area contributed by atoms with Crippen LogP contribution in [0.1, 0.15) is 29.5 Å². The van der Waals surface area contributed by atoms with Crippen molar-refractivity contribution in [1.29, 1.82) is 0 Å². The lowest BCUT2D eigenvalue weighted by Crippen LogP contribution is -2.44. The summed E-state index contributed by atoms with van der Waals surface area (Å²) in [6.45, 7) is 1.30. The first-order valence-corrected chi connectivity index (χ1v) is 10.1. The number of benzene rings is 2. The molecule has 0 saturated carbocycles. The minimum atomic E-state index is -4.93. The number of nitrogens with zero attached hydrogens (tertiary/aromatic N) is 1. The largest absolute Gasteiger partial charge is 0.416 e. The second kappa shape index (κ2) is 9.44. The Bertz CT molecular complexity index is 860. The normalized spacial score (nSPS) is 16.9. The first kappa shape index (κ1) is 23.3. The Balaban J connectivity index is 1.97. The minimum Gasteiger partial charge on any atom is -0.361 e. The third-order valence-corrected chi connectivity index (χ3v) is 5.34. The predicted octanol–water partition coefficient (Wildman–Crippen LogP) is 5.36. The maximum Gasteiger partial charge on any atom is 0.416 e. The van der Waals surface area contributed by atoms with Gasteiger partial charge in [0.1, 0.15) is 0 Å². The Morgan fingerprint density at radius 1 is 1.00 bits per heavy atom. The Hall–Kier alpha value is -2.33. The van der Waals surface area contributed by atoms with Gasteiger partial charge in [-0.15, -0.1) is 0 Å². The van der Waals surface area contributed by atoms with Gasteiger partial charge in [-0.1, -0.05) is 30.3 Å². The number of hydrogen-bond donors (Lipinski definition) is 2. The highest BCUT2D eigenvalue weighted by Crippen LogP contribution is 2.38. The van der Waals surface area contributed by atoms with E-state index in [0.717, 1.165) is 19.4 Å². The molecule has 0 amide bonds. The fourth-order valence-corrected chi connectivity index (χ4v) is 3.63. The number of thiocarbonyl (C=S) groups is 1. The summed E-state index contributed by atoms with van der Waals surface area (Å²) < 4.78 is 80.0. The van der Waals surface area contributed by atoms with Gasteiger partial charge in [0.15, 0.2) is 5.11 Å². The second-order valence-electron chi connectivity index (χ2n) is 7.32. The molecule has 0 aliphatic carbocycles. The maximum absolute atomic E-state index is 13.3. The minimum absolute atomic E-state index is 0.0172. The van der Waals surface area contributed by atoms with Gasteiger partial charge < -0.3 is 15.5 Å². The molecule has 1 aliphatic heterocycles. The van der Waals surface area contributed by atoms with Crippen molar-refractivity contribution in [3.05, 3.63) is 65.2 Å². The molecule has 1 heterocycles. The lowest BCUT2D eigenvalue weighted by Gasteiger charge is -2.28. The molecule has 168 valence electrons. The predicted molar refractivity (Wildman–Crippen MR) is 111 cm³/mol. The van der Waals surface area contributed by atoms with Crippen molar-refractivity contribution in [2.45, 2.75) is 37.8 Å². The van der Waals surface area contributed by atoms with E-state index in [1.54, 1.807) is 30.3 Å². The van der Waals surface area contributed by atoms with Crippen molar-refractivity contribution in [1.82, 2.24) is 10.6 Å². The van der Waals surface area contributed by atoms with Crippen LogP contribution in [0.25, 0.3) is 0 Å². The molecule has 0 spiro atoms. The summed E-state index contributed by atoms with van der Waals surface area (Å²) in [5, 5.41) is 6.31. The summed E-state index contributed by atoms with van der Waals surface area (Å²) >= 11 is 5.39. The van der Waals surface area contributed by atoms with Gasteiger partial charge in [-0.3, -0.25) is 0 Å². The first-order chi connectivity index (χ1) is 14.5. The average molecular weight is 461 g/mol. The molecule has 0 radical (unpaired) electrons. The molecular formula is C21H21F6N3S.